The van der Waals surface area contributed by atoms with Gasteiger partial charge in [0.1, 0.15) is 11.4 Å². The molecule has 2 unspecified atom stereocenters. The molecule has 1 heterocycles. The molecular weight excluding hydrogens is 270 g/mol. The fourth-order valence-electron chi connectivity index (χ4n) is 2.88. The molecular formula is C14H25N5O2. The molecule has 0 radical (unpaired) electrons. The van der Waals surface area contributed by atoms with Crippen LogP contribution in [-0.4, -0.2) is 51.3 Å². The summed E-state index contributed by atoms with van der Waals surface area (Å²) in [7, 11) is 1.73. The van der Waals surface area contributed by atoms with E-state index in [-0.39, 0.29) is 17.4 Å². The summed E-state index contributed by atoms with van der Waals surface area (Å²) in [6.45, 7) is 8.72. The highest BCUT2D eigenvalue weighted by atomic mass is 16.5. The van der Waals surface area contributed by atoms with E-state index in [0.29, 0.717) is 25.4 Å². The van der Waals surface area contributed by atoms with Gasteiger partial charge in [0.15, 0.2) is 5.82 Å². The lowest BCUT2D eigenvalue weighted by Gasteiger charge is -2.58. The minimum atomic E-state index is -0.896. The van der Waals surface area contributed by atoms with Crippen molar-refractivity contribution in [2.75, 3.05) is 13.7 Å². The third kappa shape index (κ3) is 2.55. The Bertz CT molecular complexity index is 527. The molecule has 1 aromatic heterocycles. The van der Waals surface area contributed by atoms with Crippen molar-refractivity contribution in [1.82, 2.24) is 20.1 Å². The third-order valence-corrected chi connectivity index (χ3v) is 4.58. The monoisotopic (exact) mass is 295 g/mol. The number of aromatic amines is 1. The third-order valence-electron chi connectivity index (χ3n) is 4.58. The van der Waals surface area contributed by atoms with Crippen molar-refractivity contribution in [3.63, 3.8) is 0 Å². The van der Waals surface area contributed by atoms with Gasteiger partial charge in [-0.2, -0.15) is 5.10 Å². The number of nitrogens with two attached hydrogens (primary N) is 1. The molecule has 1 amide bonds. The Morgan fingerprint density at radius 1 is 1.57 bits per heavy atom. The van der Waals surface area contributed by atoms with Crippen LogP contribution in [-0.2, 0) is 16.1 Å². The van der Waals surface area contributed by atoms with Crippen molar-refractivity contribution in [1.29, 1.82) is 0 Å². The summed E-state index contributed by atoms with van der Waals surface area (Å²) in [5.41, 5.74) is 5.10. The van der Waals surface area contributed by atoms with Crippen molar-refractivity contribution in [3.05, 3.63) is 11.6 Å². The molecule has 118 valence electrons. The predicted molar refractivity (Wildman–Crippen MR) is 78.3 cm³/mol. The Labute approximate surface area is 125 Å². The van der Waals surface area contributed by atoms with Crippen LogP contribution >= 0.6 is 0 Å². The van der Waals surface area contributed by atoms with E-state index in [1.54, 1.807) is 11.9 Å². The van der Waals surface area contributed by atoms with E-state index in [0.717, 1.165) is 5.82 Å². The predicted octanol–water partition coefficient (Wildman–Crippen LogP) is 0.604. The summed E-state index contributed by atoms with van der Waals surface area (Å²) in [6.07, 6.45) is 0.569. The summed E-state index contributed by atoms with van der Waals surface area (Å²) in [5.74, 6) is 1.23. The standard InChI is InChI=1S/C14H25N5O2/c1-6-21-10-7-14(15,13(10,3)4)12(20)19(5)8-11-16-9(2)17-18-11/h10H,6-8,15H2,1-5H3,(H,16,17,18). The van der Waals surface area contributed by atoms with Gasteiger partial charge in [-0.1, -0.05) is 13.8 Å². The minimum absolute atomic E-state index is 0.0237. The highest BCUT2D eigenvalue weighted by molar-refractivity contribution is 5.88. The number of aryl methyl sites for hydroxylation is 1. The fourth-order valence-corrected chi connectivity index (χ4v) is 2.88. The lowest BCUT2D eigenvalue weighted by Crippen LogP contribution is -2.75. The Morgan fingerprint density at radius 2 is 2.24 bits per heavy atom. The molecule has 0 spiro atoms. The molecule has 0 aliphatic heterocycles. The fraction of sp³-hybridized carbons (Fsp3) is 0.786. The van der Waals surface area contributed by atoms with Gasteiger partial charge in [0.2, 0.25) is 5.91 Å². The van der Waals surface area contributed by atoms with Crippen molar-refractivity contribution >= 4 is 5.91 Å². The highest BCUT2D eigenvalue weighted by Crippen LogP contribution is 2.50. The Kier molecular flexibility index (Phi) is 4.08. The second-order valence-electron chi connectivity index (χ2n) is 6.34. The maximum Gasteiger partial charge on any atom is 0.243 e. The number of carbonyl (C=O) groups excluding carboxylic acids is 1. The Balaban J connectivity index is 2.05. The number of aromatic nitrogens is 3. The molecule has 0 saturated heterocycles. The molecule has 0 bridgehead atoms. The van der Waals surface area contributed by atoms with Crippen LogP contribution in [0.5, 0.6) is 0 Å². The number of H-pyrrole nitrogens is 1. The zero-order chi connectivity index (χ0) is 15.8. The van der Waals surface area contributed by atoms with Gasteiger partial charge in [-0.3, -0.25) is 9.89 Å². The molecule has 1 aromatic rings. The molecule has 21 heavy (non-hydrogen) atoms. The van der Waals surface area contributed by atoms with Crippen LogP contribution in [0.25, 0.3) is 0 Å². The molecule has 0 aromatic carbocycles. The molecule has 1 aliphatic carbocycles. The van der Waals surface area contributed by atoms with Gasteiger partial charge in [-0.05, 0) is 13.8 Å². The van der Waals surface area contributed by atoms with E-state index in [9.17, 15) is 4.79 Å². The number of carbonyl (C=O) groups is 1. The molecule has 7 heteroatoms. The van der Waals surface area contributed by atoms with Gasteiger partial charge in [0, 0.05) is 25.5 Å². The number of amides is 1. The average molecular weight is 295 g/mol. The van der Waals surface area contributed by atoms with Gasteiger partial charge in [-0.15, -0.1) is 0 Å². The zero-order valence-electron chi connectivity index (χ0n) is 13.4. The summed E-state index contributed by atoms with van der Waals surface area (Å²) in [4.78, 5) is 18.5. The number of hydrogen-bond donors (Lipinski definition) is 2. The first-order chi connectivity index (χ1) is 9.72. The number of ether oxygens (including phenoxy) is 1. The first kappa shape index (κ1) is 15.9. The van der Waals surface area contributed by atoms with Crippen LogP contribution in [0.1, 0.15) is 38.8 Å². The maximum atomic E-state index is 12.7. The van der Waals surface area contributed by atoms with E-state index < -0.39 is 5.54 Å². The number of rotatable bonds is 5. The first-order valence-electron chi connectivity index (χ1n) is 7.26. The van der Waals surface area contributed by atoms with Gasteiger partial charge < -0.3 is 15.4 Å². The number of likely N-dealkylation sites (N-methyl/N-ethyl adjacent to an activating group) is 1. The quantitative estimate of drug-likeness (QED) is 0.829. The van der Waals surface area contributed by atoms with Crippen LogP contribution < -0.4 is 5.73 Å². The van der Waals surface area contributed by atoms with E-state index in [2.05, 4.69) is 15.2 Å². The van der Waals surface area contributed by atoms with Crippen molar-refractivity contribution in [2.24, 2.45) is 11.1 Å². The van der Waals surface area contributed by atoms with Gasteiger partial charge in [0.25, 0.3) is 0 Å². The highest BCUT2D eigenvalue weighted by Gasteiger charge is 2.63. The van der Waals surface area contributed by atoms with Crippen molar-refractivity contribution in [3.8, 4) is 0 Å². The van der Waals surface area contributed by atoms with Gasteiger partial charge >= 0.3 is 0 Å². The zero-order valence-corrected chi connectivity index (χ0v) is 13.4. The molecule has 1 fully saturated rings. The van der Waals surface area contributed by atoms with Crippen LogP contribution in [0.15, 0.2) is 0 Å². The summed E-state index contributed by atoms with van der Waals surface area (Å²) in [6, 6.07) is 0. The van der Waals surface area contributed by atoms with E-state index in [4.69, 9.17) is 10.5 Å². The molecule has 3 N–H and O–H groups in total. The van der Waals surface area contributed by atoms with Crippen LogP contribution in [0, 0.1) is 12.3 Å². The summed E-state index contributed by atoms with van der Waals surface area (Å²) >= 11 is 0. The molecule has 2 rings (SSSR count). The van der Waals surface area contributed by atoms with Gasteiger partial charge in [0.05, 0.1) is 12.6 Å². The van der Waals surface area contributed by atoms with Gasteiger partial charge in [-0.25, -0.2) is 4.98 Å². The van der Waals surface area contributed by atoms with Crippen molar-refractivity contribution in [2.45, 2.75) is 52.3 Å². The lowest BCUT2D eigenvalue weighted by molar-refractivity contribution is -0.178. The smallest absolute Gasteiger partial charge is 0.243 e. The van der Waals surface area contributed by atoms with Crippen LogP contribution in [0.3, 0.4) is 0 Å². The molecule has 2 atom stereocenters. The van der Waals surface area contributed by atoms with Crippen LogP contribution in [0.2, 0.25) is 0 Å². The molecule has 7 nitrogen and oxygen atoms in total. The average Bonchev–Trinajstić information content (AvgIpc) is 2.82. The second kappa shape index (κ2) is 5.38. The maximum absolute atomic E-state index is 12.7. The van der Waals surface area contributed by atoms with E-state index in [1.165, 1.54) is 0 Å². The number of nitrogens with one attached hydrogen (secondary N) is 1. The number of nitrogens with zero attached hydrogens (tertiary/aromatic N) is 3. The normalized spacial score (nSPS) is 27.2. The van der Waals surface area contributed by atoms with Crippen LogP contribution in [0.4, 0.5) is 0 Å². The first-order valence-corrected chi connectivity index (χ1v) is 7.26. The SMILES string of the molecule is CCOC1CC(N)(C(=O)N(C)Cc2n[nH]c(C)n2)C1(C)C. The summed E-state index contributed by atoms with van der Waals surface area (Å²) in [5, 5.41) is 6.82. The lowest BCUT2D eigenvalue weighted by atomic mass is 9.54. The topological polar surface area (TPSA) is 97.1 Å². The number of hydrogen-bond acceptors (Lipinski definition) is 5. The molecule has 1 aliphatic rings. The molecule has 1 saturated carbocycles. The minimum Gasteiger partial charge on any atom is -0.378 e. The Hall–Kier alpha value is -1.47. The Morgan fingerprint density at radius 3 is 2.71 bits per heavy atom. The second-order valence-corrected chi connectivity index (χ2v) is 6.34. The largest absolute Gasteiger partial charge is 0.378 e. The van der Waals surface area contributed by atoms with Crippen molar-refractivity contribution < 1.29 is 9.53 Å². The van der Waals surface area contributed by atoms with E-state index in [1.807, 2.05) is 27.7 Å². The summed E-state index contributed by atoms with van der Waals surface area (Å²) < 4.78 is 5.66. The van der Waals surface area contributed by atoms with E-state index >= 15 is 0 Å².